The molecule has 0 spiro atoms. The van der Waals surface area contributed by atoms with E-state index < -0.39 is 45.3 Å². The maximum Gasteiger partial charge on any atom is 0.534 e. The Morgan fingerprint density at radius 3 is 2.07 bits per heavy atom. The molecule has 55 heavy (non-hydrogen) atoms. The zero-order valence-corrected chi connectivity index (χ0v) is 29.4. The first kappa shape index (κ1) is 36.7. The minimum absolute atomic E-state index is 0.0485. The van der Waals surface area contributed by atoms with Gasteiger partial charge in [0.25, 0.3) is 11.8 Å². The van der Waals surface area contributed by atoms with Gasteiger partial charge in [-0.2, -0.15) is 26.7 Å². The summed E-state index contributed by atoms with van der Waals surface area (Å²) in [5.41, 5.74) is -3.05. The van der Waals surface area contributed by atoms with Gasteiger partial charge in [0, 0.05) is 35.9 Å². The predicted molar refractivity (Wildman–Crippen MR) is 196 cm³/mol. The van der Waals surface area contributed by atoms with E-state index in [9.17, 15) is 41.1 Å². The molecule has 16 heteroatoms. The Morgan fingerprint density at radius 1 is 0.836 bits per heavy atom. The topological polar surface area (TPSA) is 151 Å². The second kappa shape index (κ2) is 14.6. The number of halogens is 3. The van der Waals surface area contributed by atoms with Crippen molar-refractivity contribution < 1.29 is 45.3 Å². The fraction of sp³-hybridized carbons (Fsp3) is 0.128. The van der Waals surface area contributed by atoms with E-state index in [0.29, 0.717) is 17.8 Å². The van der Waals surface area contributed by atoms with E-state index in [-0.39, 0.29) is 40.9 Å². The van der Waals surface area contributed by atoms with Crippen LogP contribution >= 0.6 is 0 Å². The van der Waals surface area contributed by atoms with Gasteiger partial charge in [-0.05, 0) is 66.1 Å². The van der Waals surface area contributed by atoms with Gasteiger partial charge >= 0.3 is 21.7 Å². The summed E-state index contributed by atoms with van der Waals surface area (Å²) in [5.74, 6) is -1.89. The average molecular weight is 770 g/mol. The number of carbonyl (C=O) groups excluding carboxylic acids is 2. The van der Waals surface area contributed by atoms with Gasteiger partial charge in [-0.25, -0.2) is 9.48 Å². The lowest BCUT2D eigenvalue weighted by atomic mass is 9.93. The molecule has 5 aromatic carbocycles. The molecule has 0 bridgehead atoms. The number of rotatable bonds is 9. The molecule has 1 atom stereocenters. The molecule has 1 aromatic heterocycles. The number of para-hydroxylation sites is 3. The van der Waals surface area contributed by atoms with Gasteiger partial charge in [0.2, 0.25) is 0 Å². The fourth-order valence-electron chi connectivity index (χ4n) is 6.51. The van der Waals surface area contributed by atoms with Gasteiger partial charge in [0.1, 0.15) is 5.75 Å². The lowest BCUT2D eigenvalue weighted by Crippen LogP contribution is -2.50. The Labute approximate surface area is 312 Å². The summed E-state index contributed by atoms with van der Waals surface area (Å²) in [4.78, 5) is 43.6. The van der Waals surface area contributed by atoms with Crippen molar-refractivity contribution in [3.05, 3.63) is 150 Å². The van der Waals surface area contributed by atoms with Crippen molar-refractivity contribution in [2.24, 2.45) is 0 Å². The van der Waals surface area contributed by atoms with Gasteiger partial charge in [-0.3, -0.25) is 14.5 Å². The number of hydrogen-bond acceptors (Lipinski definition) is 7. The van der Waals surface area contributed by atoms with E-state index in [2.05, 4.69) is 14.6 Å². The zero-order chi connectivity index (χ0) is 38.9. The third-order valence-corrected chi connectivity index (χ3v) is 10.0. The summed E-state index contributed by atoms with van der Waals surface area (Å²) in [6.07, 6.45) is -0.922. The predicted octanol–water partition coefficient (Wildman–Crippen LogP) is 7.07. The lowest BCUT2D eigenvalue weighted by molar-refractivity contribution is -0.0500. The number of fused-ring (bicyclic) bond motifs is 2. The second-order valence-corrected chi connectivity index (χ2v) is 14.0. The molecular formula is C39H30F3N5O7S. The minimum Gasteiger partial charge on any atom is -0.465 e. The Hall–Kier alpha value is -6.68. The molecule has 0 unspecified atom stereocenters. The number of hydrogen-bond donors (Lipinski definition) is 2. The molecule has 0 saturated heterocycles. The molecule has 1 aliphatic rings. The van der Waals surface area contributed by atoms with Crippen molar-refractivity contribution in [3.8, 4) is 11.4 Å². The molecule has 0 aliphatic carbocycles. The summed E-state index contributed by atoms with van der Waals surface area (Å²) in [7, 11) is -6.08. The summed E-state index contributed by atoms with van der Waals surface area (Å²) in [6.45, 7) is 0.0550. The van der Waals surface area contributed by atoms with Crippen molar-refractivity contribution in [2.45, 2.75) is 24.5 Å². The average Bonchev–Trinajstić information content (AvgIpc) is 3.55. The van der Waals surface area contributed by atoms with Crippen LogP contribution in [0, 0.1) is 0 Å². The van der Waals surface area contributed by atoms with Crippen LogP contribution < -0.4 is 14.4 Å². The van der Waals surface area contributed by atoms with Crippen LogP contribution in [0.25, 0.3) is 16.6 Å². The number of anilines is 2. The molecule has 280 valence electrons. The quantitative estimate of drug-likeness (QED) is 0.117. The van der Waals surface area contributed by atoms with E-state index in [1.807, 2.05) is 24.3 Å². The van der Waals surface area contributed by atoms with Crippen LogP contribution in [-0.4, -0.2) is 64.2 Å². The van der Waals surface area contributed by atoms with Crippen molar-refractivity contribution in [1.82, 2.24) is 20.0 Å². The van der Waals surface area contributed by atoms with Crippen LogP contribution in [0.3, 0.4) is 0 Å². The molecule has 1 aliphatic heterocycles. The first-order valence-corrected chi connectivity index (χ1v) is 18.2. The molecule has 3 amide bonds. The van der Waals surface area contributed by atoms with Crippen LogP contribution in [-0.2, 0) is 23.1 Å². The molecule has 0 saturated carbocycles. The van der Waals surface area contributed by atoms with Gasteiger partial charge in [-0.1, -0.05) is 72.8 Å². The molecule has 7 rings (SSSR count). The fourth-order valence-corrected chi connectivity index (χ4v) is 6.96. The number of carbonyl (C=O) groups is 3. The number of carboxylic acid groups (broad SMARTS) is 1. The van der Waals surface area contributed by atoms with Crippen molar-refractivity contribution in [2.75, 3.05) is 11.4 Å². The first-order chi connectivity index (χ1) is 26.3. The van der Waals surface area contributed by atoms with E-state index in [0.717, 1.165) is 23.3 Å². The maximum absolute atomic E-state index is 14.6. The standard InChI is InChI=1S/C39H30F3N5O7S/c40-39(41,42)55(52,53)54-30-19-20-31-34(22-30)47(44-35(31)37(49)46(27-13-3-1-4-14-27)28-15-5-2-6-16-28)33-18-10-9-17-32(33)36(48)45-24-26-12-8-7-11-25(26)21-29(45)23-43-38(50)51/h1-20,22,29,43H,21,23-24H2,(H,50,51)/t29-/m0/s1. The van der Waals surface area contributed by atoms with Crippen molar-refractivity contribution in [1.29, 1.82) is 0 Å². The molecule has 2 N–H and O–H groups in total. The van der Waals surface area contributed by atoms with Gasteiger partial charge in [-0.15, -0.1) is 0 Å². The zero-order valence-electron chi connectivity index (χ0n) is 28.6. The molecular weight excluding hydrogens is 740 g/mol. The SMILES string of the molecule is O=C(O)NC[C@@H]1Cc2ccccc2CN1C(=O)c1ccccc1-n1nc(C(=O)N(c2ccccc2)c2ccccc2)c2ccc(OS(=O)(=O)C(F)(F)F)cc21. The third kappa shape index (κ3) is 7.31. The highest BCUT2D eigenvalue weighted by Crippen LogP contribution is 2.35. The summed E-state index contributed by atoms with van der Waals surface area (Å²) in [5, 5.41) is 16.5. The van der Waals surface area contributed by atoms with Crippen LogP contribution in [0.2, 0.25) is 0 Å². The normalized spacial score (nSPS) is 14.2. The molecule has 0 fully saturated rings. The number of aromatic nitrogens is 2. The Kier molecular flexibility index (Phi) is 9.75. The third-order valence-electron chi connectivity index (χ3n) is 9.04. The van der Waals surface area contributed by atoms with Gasteiger partial charge in [0.05, 0.1) is 22.8 Å². The highest BCUT2D eigenvalue weighted by Gasteiger charge is 2.48. The largest absolute Gasteiger partial charge is 0.534 e. The van der Waals surface area contributed by atoms with E-state index in [1.54, 1.807) is 72.8 Å². The number of amides is 3. The van der Waals surface area contributed by atoms with Crippen molar-refractivity contribution in [3.63, 3.8) is 0 Å². The number of alkyl halides is 3. The summed E-state index contributed by atoms with van der Waals surface area (Å²) in [6, 6.07) is 33.6. The molecule has 12 nitrogen and oxygen atoms in total. The highest BCUT2D eigenvalue weighted by atomic mass is 32.2. The van der Waals surface area contributed by atoms with Crippen molar-refractivity contribution >= 4 is 50.3 Å². The Bertz CT molecular complexity index is 2490. The van der Waals surface area contributed by atoms with Gasteiger partial charge in [0.15, 0.2) is 5.69 Å². The molecule has 0 radical (unpaired) electrons. The first-order valence-electron chi connectivity index (χ1n) is 16.7. The number of nitrogens with one attached hydrogen (secondary N) is 1. The summed E-state index contributed by atoms with van der Waals surface area (Å²) < 4.78 is 69.9. The van der Waals surface area contributed by atoms with Crippen LogP contribution in [0.15, 0.2) is 127 Å². The smallest absolute Gasteiger partial charge is 0.465 e. The minimum atomic E-state index is -6.08. The number of nitrogens with zero attached hydrogens (tertiary/aromatic N) is 4. The molecule has 6 aromatic rings. The van der Waals surface area contributed by atoms with E-state index >= 15 is 0 Å². The monoisotopic (exact) mass is 769 g/mol. The van der Waals surface area contributed by atoms with E-state index in [4.69, 9.17) is 0 Å². The summed E-state index contributed by atoms with van der Waals surface area (Å²) >= 11 is 0. The van der Waals surface area contributed by atoms with Crippen LogP contribution in [0.1, 0.15) is 32.0 Å². The highest BCUT2D eigenvalue weighted by molar-refractivity contribution is 7.88. The Morgan fingerprint density at radius 2 is 1.44 bits per heavy atom. The van der Waals surface area contributed by atoms with Crippen LogP contribution in [0.4, 0.5) is 29.3 Å². The van der Waals surface area contributed by atoms with Crippen LogP contribution in [0.5, 0.6) is 5.75 Å². The molecule has 2 heterocycles. The maximum atomic E-state index is 14.6. The number of benzene rings is 5. The van der Waals surface area contributed by atoms with Gasteiger partial charge < -0.3 is 19.5 Å². The lowest BCUT2D eigenvalue weighted by Gasteiger charge is -2.37. The second-order valence-electron chi connectivity index (χ2n) is 12.5. The Balaban J connectivity index is 1.39. The van der Waals surface area contributed by atoms with E-state index in [1.165, 1.54) is 32.7 Å².